The molecule has 0 radical (unpaired) electrons. The van der Waals surface area contributed by atoms with Crippen LogP contribution in [0.5, 0.6) is 0 Å². The molecule has 3 rings (SSSR count). The smallest absolute Gasteiger partial charge is 0.183 e. The van der Waals surface area contributed by atoms with Gasteiger partial charge in [0.25, 0.3) is 0 Å². The monoisotopic (exact) mass is 350 g/mol. The molecule has 0 heterocycles. The molecule has 0 fully saturated rings. The van der Waals surface area contributed by atoms with Crippen LogP contribution < -0.4 is 5.32 Å². The predicted octanol–water partition coefficient (Wildman–Crippen LogP) is 4.53. The lowest BCUT2D eigenvalue weighted by Crippen LogP contribution is -2.44. The van der Waals surface area contributed by atoms with Crippen molar-refractivity contribution in [1.29, 1.82) is 5.26 Å². The van der Waals surface area contributed by atoms with Gasteiger partial charge < -0.3 is 4.43 Å². The van der Waals surface area contributed by atoms with Gasteiger partial charge in [0.2, 0.25) is 0 Å². The molecule has 0 saturated heterocycles. The van der Waals surface area contributed by atoms with E-state index in [4.69, 9.17) is 4.43 Å². The van der Waals surface area contributed by atoms with Crippen molar-refractivity contribution >= 4 is 8.32 Å². The highest BCUT2D eigenvalue weighted by atomic mass is 28.4. The Balaban J connectivity index is 1.91. The Morgan fingerprint density at radius 1 is 1.12 bits per heavy atom. The third-order valence-corrected chi connectivity index (χ3v) is 5.78. The highest BCUT2D eigenvalue weighted by Crippen LogP contribution is 2.38. The van der Waals surface area contributed by atoms with Gasteiger partial charge in [-0.1, -0.05) is 54.6 Å². The molecule has 2 aromatic rings. The number of nitrogens with one attached hydrogen (secondary N) is 1. The Bertz CT molecular complexity index is 763. The summed E-state index contributed by atoms with van der Waals surface area (Å²) in [6.07, 6.45) is 1.74. The normalized spacial score (nSPS) is 20.7. The summed E-state index contributed by atoms with van der Waals surface area (Å²) in [6.45, 7) is 7.17. The van der Waals surface area contributed by atoms with Crippen molar-refractivity contribution < 1.29 is 4.43 Å². The number of hydrogen-bond acceptors (Lipinski definition) is 3. The molecule has 0 aliphatic heterocycles. The van der Waals surface area contributed by atoms with Gasteiger partial charge in [-0.05, 0) is 49.2 Å². The van der Waals surface area contributed by atoms with Crippen molar-refractivity contribution in [2.75, 3.05) is 6.61 Å². The fourth-order valence-electron chi connectivity index (χ4n) is 3.45. The number of fused-ring (bicyclic) bond motifs is 1. The predicted molar refractivity (Wildman–Crippen MR) is 104 cm³/mol. The summed E-state index contributed by atoms with van der Waals surface area (Å²) in [6, 6.07) is 21.2. The number of rotatable bonds is 6. The fourth-order valence-corrected chi connectivity index (χ4v) is 4.11. The molecule has 2 atom stereocenters. The Morgan fingerprint density at radius 2 is 1.80 bits per heavy atom. The molecule has 0 unspecified atom stereocenters. The van der Waals surface area contributed by atoms with Gasteiger partial charge in [-0.3, -0.25) is 5.32 Å². The largest absolute Gasteiger partial charge is 0.416 e. The van der Waals surface area contributed by atoms with Crippen molar-refractivity contribution in [3.8, 4) is 6.07 Å². The van der Waals surface area contributed by atoms with E-state index in [-0.39, 0.29) is 6.04 Å². The van der Waals surface area contributed by atoms with E-state index in [1.54, 1.807) is 0 Å². The first-order chi connectivity index (χ1) is 11.9. The van der Waals surface area contributed by atoms with Crippen molar-refractivity contribution in [2.24, 2.45) is 0 Å². The minimum Gasteiger partial charge on any atom is -0.416 e. The molecule has 0 spiro atoms. The number of nitriles is 1. The number of hydrogen-bond donors (Lipinski definition) is 1. The van der Waals surface area contributed by atoms with Gasteiger partial charge in [0.05, 0.1) is 18.7 Å². The van der Waals surface area contributed by atoms with Crippen LogP contribution in [0.15, 0.2) is 54.6 Å². The maximum atomic E-state index is 10.0. The minimum atomic E-state index is -1.64. The first-order valence-corrected chi connectivity index (χ1v) is 12.3. The molecular weight excluding hydrogens is 324 g/mol. The SMILES string of the molecule is C[Si](C)(C)OC[C@H](N[C@@]1(C#N)CCc2ccccc21)c1ccccc1. The lowest BCUT2D eigenvalue weighted by atomic mass is 9.91. The summed E-state index contributed by atoms with van der Waals surface area (Å²) < 4.78 is 6.20. The summed E-state index contributed by atoms with van der Waals surface area (Å²) in [5, 5.41) is 13.7. The minimum absolute atomic E-state index is 0.00117. The fraction of sp³-hybridized carbons (Fsp3) is 0.381. The molecule has 4 heteroatoms. The topological polar surface area (TPSA) is 45.0 Å². The molecule has 1 aliphatic rings. The van der Waals surface area contributed by atoms with Gasteiger partial charge in [-0.15, -0.1) is 0 Å². The number of nitrogens with zero attached hydrogens (tertiary/aromatic N) is 1. The lowest BCUT2D eigenvalue weighted by Gasteiger charge is -2.32. The molecule has 130 valence electrons. The summed E-state index contributed by atoms with van der Waals surface area (Å²) in [4.78, 5) is 0. The van der Waals surface area contributed by atoms with Crippen LogP contribution >= 0.6 is 0 Å². The van der Waals surface area contributed by atoms with E-state index in [9.17, 15) is 5.26 Å². The zero-order valence-electron chi connectivity index (χ0n) is 15.3. The highest BCUT2D eigenvalue weighted by molar-refractivity contribution is 6.69. The van der Waals surface area contributed by atoms with E-state index in [1.807, 2.05) is 24.3 Å². The van der Waals surface area contributed by atoms with Crippen molar-refractivity contribution in [3.05, 3.63) is 71.3 Å². The quantitative estimate of drug-likeness (QED) is 0.778. The van der Waals surface area contributed by atoms with Crippen LogP contribution in [-0.2, 0) is 16.4 Å². The van der Waals surface area contributed by atoms with Gasteiger partial charge in [0.1, 0.15) is 5.54 Å². The molecule has 3 nitrogen and oxygen atoms in total. The van der Waals surface area contributed by atoms with Crippen LogP contribution in [0.4, 0.5) is 0 Å². The number of aryl methyl sites for hydroxylation is 1. The number of benzene rings is 2. The van der Waals surface area contributed by atoms with E-state index < -0.39 is 13.9 Å². The van der Waals surface area contributed by atoms with Gasteiger partial charge >= 0.3 is 0 Å². The van der Waals surface area contributed by atoms with Crippen LogP contribution in [0.1, 0.15) is 29.2 Å². The summed E-state index contributed by atoms with van der Waals surface area (Å²) in [5.41, 5.74) is 2.92. The van der Waals surface area contributed by atoms with Gasteiger partial charge in [-0.2, -0.15) is 5.26 Å². The second-order valence-corrected chi connectivity index (χ2v) is 12.2. The Kier molecular flexibility index (Phi) is 5.10. The summed E-state index contributed by atoms with van der Waals surface area (Å²) in [7, 11) is -1.64. The Morgan fingerprint density at radius 3 is 2.48 bits per heavy atom. The first-order valence-electron chi connectivity index (χ1n) is 8.90. The van der Waals surface area contributed by atoms with Gasteiger partial charge in [0.15, 0.2) is 8.32 Å². The maximum absolute atomic E-state index is 10.0. The van der Waals surface area contributed by atoms with Crippen molar-refractivity contribution in [3.63, 3.8) is 0 Å². The molecule has 0 saturated carbocycles. The lowest BCUT2D eigenvalue weighted by molar-refractivity contribution is 0.230. The Labute approximate surface area is 151 Å². The zero-order valence-corrected chi connectivity index (χ0v) is 16.3. The summed E-state index contributed by atoms with van der Waals surface area (Å²) in [5.74, 6) is 0. The molecule has 0 bridgehead atoms. The van der Waals surface area contributed by atoms with Crippen LogP contribution in [0, 0.1) is 11.3 Å². The van der Waals surface area contributed by atoms with Crippen LogP contribution in [0.2, 0.25) is 19.6 Å². The van der Waals surface area contributed by atoms with E-state index in [0.29, 0.717) is 6.61 Å². The molecule has 1 N–H and O–H groups in total. The van der Waals surface area contributed by atoms with Crippen LogP contribution in [-0.4, -0.2) is 14.9 Å². The average Bonchev–Trinajstić information content (AvgIpc) is 2.98. The molecule has 1 aliphatic carbocycles. The van der Waals surface area contributed by atoms with E-state index in [2.05, 4.69) is 61.4 Å². The molecule has 25 heavy (non-hydrogen) atoms. The molecule has 0 aromatic heterocycles. The second-order valence-electron chi connectivity index (χ2n) is 7.71. The van der Waals surface area contributed by atoms with Crippen molar-refractivity contribution in [1.82, 2.24) is 5.32 Å². The third-order valence-electron chi connectivity index (χ3n) is 4.74. The first kappa shape index (κ1) is 17.9. The van der Waals surface area contributed by atoms with E-state index >= 15 is 0 Å². The maximum Gasteiger partial charge on any atom is 0.183 e. The molecular formula is C21H26N2OSi. The Hall–Kier alpha value is -1.93. The van der Waals surface area contributed by atoms with Gasteiger partial charge in [-0.25, -0.2) is 0 Å². The molecule has 0 amide bonds. The van der Waals surface area contributed by atoms with Gasteiger partial charge in [0, 0.05) is 0 Å². The highest BCUT2D eigenvalue weighted by Gasteiger charge is 2.40. The molecule has 2 aromatic carbocycles. The standard InChI is InChI=1S/C21H26N2OSi/c1-25(2,3)24-15-20(18-10-5-4-6-11-18)23-21(16-22)14-13-17-9-7-8-12-19(17)21/h4-12,20,23H,13-15H2,1-3H3/t20-,21+/m0/s1. The summed E-state index contributed by atoms with van der Waals surface area (Å²) >= 11 is 0. The second kappa shape index (κ2) is 7.13. The van der Waals surface area contributed by atoms with Crippen LogP contribution in [0.3, 0.4) is 0 Å². The van der Waals surface area contributed by atoms with E-state index in [1.165, 1.54) is 11.1 Å². The third kappa shape index (κ3) is 4.01. The van der Waals surface area contributed by atoms with Crippen molar-refractivity contribution in [2.45, 2.75) is 44.1 Å². The zero-order chi connectivity index (χ0) is 17.9. The van der Waals surface area contributed by atoms with E-state index in [0.717, 1.165) is 18.4 Å². The average molecular weight is 351 g/mol. The van der Waals surface area contributed by atoms with Crippen LogP contribution in [0.25, 0.3) is 0 Å².